The fraction of sp³-hybridized carbons (Fsp3) is 0. The highest BCUT2D eigenvalue weighted by Gasteiger charge is 2.19. The van der Waals surface area contributed by atoms with E-state index in [1.807, 2.05) is 36.4 Å². The highest BCUT2D eigenvalue weighted by Crippen LogP contribution is 2.39. The predicted octanol–water partition coefficient (Wildman–Crippen LogP) is 10.2. The molecule has 3 nitrogen and oxygen atoms in total. The molecule has 0 radical (unpaired) electrons. The number of hydrogen-bond donors (Lipinski definition) is 0. The Morgan fingerprint density at radius 2 is 1.21 bits per heavy atom. The summed E-state index contributed by atoms with van der Waals surface area (Å²) in [7, 11) is 0. The van der Waals surface area contributed by atoms with Gasteiger partial charge in [-0.25, -0.2) is 4.98 Å². The molecule has 7 aromatic carbocycles. The van der Waals surface area contributed by atoms with E-state index in [4.69, 9.17) is 4.98 Å². The van der Waals surface area contributed by atoms with Gasteiger partial charge in [-0.3, -0.25) is 4.57 Å². The Morgan fingerprint density at radius 3 is 2.02 bits per heavy atom. The molecule has 0 atom stereocenters. The lowest BCUT2D eigenvalue weighted by Crippen LogP contribution is -2.01. The van der Waals surface area contributed by atoms with Crippen molar-refractivity contribution in [3.8, 4) is 45.4 Å². The third-order valence-corrected chi connectivity index (χ3v) is 8.21. The molecule has 43 heavy (non-hydrogen) atoms. The van der Waals surface area contributed by atoms with Crippen LogP contribution >= 0.6 is 0 Å². The van der Waals surface area contributed by atoms with Crippen molar-refractivity contribution >= 4 is 32.6 Å². The van der Waals surface area contributed by atoms with E-state index in [2.05, 4.69) is 126 Å². The second kappa shape index (κ2) is 10.1. The maximum Gasteiger partial charge on any atom is 0.145 e. The van der Waals surface area contributed by atoms with Gasteiger partial charge in [-0.15, -0.1) is 0 Å². The Kier molecular flexibility index (Phi) is 5.84. The van der Waals surface area contributed by atoms with Crippen molar-refractivity contribution in [2.24, 2.45) is 0 Å². The minimum Gasteiger partial charge on any atom is -0.292 e. The van der Waals surface area contributed by atoms with Gasteiger partial charge in [0.1, 0.15) is 5.82 Å². The monoisotopic (exact) mass is 547 g/mol. The quantitative estimate of drug-likeness (QED) is 0.220. The Morgan fingerprint density at radius 1 is 0.512 bits per heavy atom. The molecule has 1 heterocycles. The summed E-state index contributed by atoms with van der Waals surface area (Å²) < 4.78 is 2.31. The highest BCUT2D eigenvalue weighted by atomic mass is 15.1. The van der Waals surface area contributed by atoms with Crippen molar-refractivity contribution in [2.45, 2.75) is 0 Å². The van der Waals surface area contributed by atoms with Crippen molar-refractivity contribution in [1.82, 2.24) is 9.55 Å². The number of nitriles is 1. The molecule has 8 rings (SSSR count). The van der Waals surface area contributed by atoms with Gasteiger partial charge < -0.3 is 0 Å². The maximum atomic E-state index is 9.25. The summed E-state index contributed by atoms with van der Waals surface area (Å²) in [5.74, 6) is 0.919. The van der Waals surface area contributed by atoms with Crippen LogP contribution in [-0.4, -0.2) is 9.55 Å². The van der Waals surface area contributed by atoms with E-state index in [9.17, 15) is 5.26 Å². The Bertz CT molecular complexity index is 2340. The first-order chi connectivity index (χ1) is 21.3. The lowest BCUT2D eigenvalue weighted by molar-refractivity contribution is 1.11. The van der Waals surface area contributed by atoms with Gasteiger partial charge in [0.05, 0.1) is 28.4 Å². The Labute approximate surface area is 249 Å². The zero-order valence-corrected chi connectivity index (χ0v) is 23.3. The van der Waals surface area contributed by atoms with Crippen LogP contribution in [0.4, 0.5) is 0 Å². The van der Waals surface area contributed by atoms with E-state index >= 15 is 0 Å². The smallest absolute Gasteiger partial charge is 0.145 e. The molecule has 0 bridgehead atoms. The fourth-order valence-electron chi connectivity index (χ4n) is 6.12. The molecule has 1 aromatic heterocycles. The molecule has 8 aromatic rings. The van der Waals surface area contributed by atoms with Crippen molar-refractivity contribution < 1.29 is 0 Å². The third-order valence-electron chi connectivity index (χ3n) is 8.21. The zero-order valence-electron chi connectivity index (χ0n) is 23.3. The summed E-state index contributed by atoms with van der Waals surface area (Å²) in [4.78, 5) is 5.12. The normalized spacial score (nSPS) is 11.2. The van der Waals surface area contributed by atoms with E-state index in [1.165, 1.54) is 16.2 Å². The number of para-hydroxylation sites is 2. The number of fused-ring (bicyclic) bond motifs is 3. The van der Waals surface area contributed by atoms with Gasteiger partial charge in [0.15, 0.2) is 0 Å². The topological polar surface area (TPSA) is 41.6 Å². The first-order valence-electron chi connectivity index (χ1n) is 14.4. The number of aromatic nitrogens is 2. The molecule has 0 aliphatic carbocycles. The van der Waals surface area contributed by atoms with Crippen molar-refractivity contribution in [1.29, 1.82) is 5.26 Å². The van der Waals surface area contributed by atoms with E-state index in [1.54, 1.807) is 0 Å². The van der Waals surface area contributed by atoms with Gasteiger partial charge in [-0.2, -0.15) is 5.26 Å². The van der Waals surface area contributed by atoms with Crippen molar-refractivity contribution in [2.75, 3.05) is 0 Å². The average Bonchev–Trinajstić information content (AvgIpc) is 3.47. The standard InChI is InChI=1S/C40H25N3/c41-26-27-17-19-28(20-18-27)34-14-8-13-32-23-33(21-22-35(32)34)36-24-30-11-4-5-12-31(30)25-39(36)43-38-16-7-6-15-37(38)42-40(43)29-9-2-1-3-10-29/h1-25H. The second-order valence-electron chi connectivity index (χ2n) is 10.8. The van der Waals surface area contributed by atoms with E-state index in [0.717, 1.165) is 55.7 Å². The number of nitrogens with zero attached hydrogens (tertiary/aromatic N) is 3. The molecule has 0 unspecified atom stereocenters. The lowest BCUT2D eigenvalue weighted by Gasteiger charge is -2.17. The van der Waals surface area contributed by atoms with E-state index in [0.29, 0.717) is 5.56 Å². The molecule has 3 heteroatoms. The van der Waals surface area contributed by atoms with Crippen LogP contribution in [0.25, 0.3) is 71.9 Å². The van der Waals surface area contributed by atoms with Crippen LogP contribution in [0, 0.1) is 11.3 Å². The van der Waals surface area contributed by atoms with E-state index in [-0.39, 0.29) is 0 Å². The third kappa shape index (κ3) is 4.25. The van der Waals surface area contributed by atoms with Gasteiger partial charge in [0.25, 0.3) is 0 Å². The minimum absolute atomic E-state index is 0.664. The summed E-state index contributed by atoms with van der Waals surface area (Å²) in [5, 5.41) is 14.0. The van der Waals surface area contributed by atoms with Crippen LogP contribution in [0.2, 0.25) is 0 Å². The molecule has 0 aliphatic rings. The summed E-state index contributed by atoms with van der Waals surface area (Å²) >= 11 is 0. The number of hydrogen-bond acceptors (Lipinski definition) is 2. The molecule has 0 N–H and O–H groups in total. The van der Waals surface area contributed by atoms with Gasteiger partial charge in [0.2, 0.25) is 0 Å². The molecule has 0 fully saturated rings. The van der Waals surface area contributed by atoms with Gasteiger partial charge in [-0.05, 0) is 80.7 Å². The lowest BCUT2D eigenvalue weighted by atomic mass is 9.93. The molecule has 0 spiro atoms. The van der Waals surface area contributed by atoms with Crippen LogP contribution in [0.15, 0.2) is 152 Å². The summed E-state index contributed by atoms with van der Waals surface area (Å²) in [6.45, 7) is 0. The summed E-state index contributed by atoms with van der Waals surface area (Å²) in [6.07, 6.45) is 0. The summed E-state index contributed by atoms with van der Waals surface area (Å²) in [6, 6.07) is 55.1. The molecule has 200 valence electrons. The molecule has 0 aliphatic heterocycles. The molecule has 0 saturated carbocycles. The zero-order chi connectivity index (χ0) is 28.8. The fourth-order valence-corrected chi connectivity index (χ4v) is 6.12. The van der Waals surface area contributed by atoms with Gasteiger partial charge in [-0.1, -0.05) is 109 Å². The number of rotatable bonds is 4. The molecular weight excluding hydrogens is 522 g/mol. The molecular formula is C40H25N3. The Hall–Kier alpha value is -5.98. The predicted molar refractivity (Wildman–Crippen MR) is 177 cm³/mol. The van der Waals surface area contributed by atoms with Crippen LogP contribution in [0.3, 0.4) is 0 Å². The minimum atomic E-state index is 0.664. The second-order valence-corrected chi connectivity index (χ2v) is 10.8. The number of benzene rings is 7. The SMILES string of the molecule is N#Cc1ccc(-c2cccc3cc(-c4cc5ccccc5cc4-n4c(-c5ccccc5)nc5ccccc54)ccc23)cc1. The largest absolute Gasteiger partial charge is 0.292 e. The maximum absolute atomic E-state index is 9.25. The van der Waals surface area contributed by atoms with Crippen molar-refractivity contribution in [3.05, 3.63) is 157 Å². The number of imidazole rings is 1. The van der Waals surface area contributed by atoms with E-state index < -0.39 is 0 Å². The van der Waals surface area contributed by atoms with Crippen LogP contribution in [0.1, 0.15) is 5.56 Å². The van der Waals surface area contributed by atoms with Crippen LogP contribution in [0.5, 0.6) is 0 Å². The van der Waals surface area contributed by atoms with Crippen LogP contribution in [-0.2, 0) is 0 Å². The van der Waals surface area contributed by atoms with Crippen LogP contribution < -0.4 is 0 Å². The highest BCUT2D eigenvalue weighted by molar-refractivity contribution is 6.01. The molecule has 0 amide bonds. The average molecular weight is 548 g/mol. The molecule has 0 saturated heterocycles. The van der Waals surface area contributed by atoms with Gasteiger partial charge in [0, 0.05) is 11.1 Å². The van der Waals surface area contributed by atoms with Crippen molar-refractivity contribution in [3.63, 3.8) is 0 Å². The summed E-state index contributed by atoms with van der Waals surface area (Å²) in [5.41, 5.74) is 9.40. The Balaban J connectivity index is 1.38. The van der Waals surface area contributed by atoms with Gasteiger partial charge >= 0.3 is 0 Å². The first-order valence-corrected chi connectivity index (χ1v) is 14.4. The first kappa shape index (κ1) is 24.8.